The van der Waals surface area contributed by atoms with Crippen LogP contribution < -0.4 is 10.6 Å². The summed E-state index contributed by atoms with van der Waals surface area (Å²) < 4.78 is 5.40. The predicted octanol–water partition coefficient (Wildman–Crippen LogP) is 2.70. The molecule has 1 aliphatic heterocycles. The fourth-order valence-electron chi connectivity index (χ4n) is 2.60. The van der Waals surface area contributed by atoms with Gasteiger partial charge in [-0.15, -0.1) is 0 Å². The lowest BCUT2D eigenvalue weighted by atomic mass is 9.99. The van der Waals surface area contributed by atoms with Gasteiger partial charge in [0.25, 0.3) is 0 Å². The number of ether oxygens (including phenoxy) is 1. The van der Waals surface area contributed by atoms with Crippen molar-refractivity contribution in [3.63, 3.8) is 0 Å². The third kappa shape index (κ3) is 4.10. The molecule has 0 unspecified atom stereocenters. The number of nitrogens with two attached hydrogens (primary N) is 1. The number of benzene rings is 1. The van der Waals surface area contributed by atoms with E-state index in [-0.39, 0.29) is 0 Å². The first-order chi connectivity index (χ1) is 9.20. The molecule has 0 saturated carbocycles. The summed E-state index contributed by atoms with van der Waals surface area (Å²) in [5.74, 6) is 0.707. The molecule has 1 fully saturated rings. The Balaban J connectivity index is 1.99. The average Bonchev–Trinajstić information content (AvgIpc) is 2.40. The molecule has 2 N–H and O–H groups in total. The van der Waals surface area contributed by atoms with Gasteiger partial charge in [0.1, 0.15) is 0 Å². The molecule has 1 aromatic rings. The normalized spacial score (nSPS) is 16.6. The molecule has 1 aliphatic rings. The Bertz CT molecular complexity index is 405. The lowest BCUT2D eigenvalue weighted by molar-refractivity contribution is 0.0685. The molecule has 0 radical (unpaired) electrons. The summed E-state index contributed by atoms with van der Waals surface area (Å²) in [5, 5.41) is 0.820. The summed E-state index contributed by atoms with van der Waals surface area (Å²) in [6, 6.07) is 6.26. The zero-order valence-electron chi connectivity index (χ0n) is 11.6. The fourth-order valence-corrected chi connectivity index (χ4v) is 2.94. The van der Waals surface area contributed by atoms with Crippen LogP contribution in [0.2, 0.25) is 5.02 Å². The molecule has 0 spiro atoms. The van der Waals surface area contributed by atoms with Gasteiger partial charge in [-0.1, -0.05) is 17.7 Å². The maximum atomic E-state index is 6.37. The smallest absolute Gasteiger partial charge is 0.0642 e. The van der Waals surface area contributed by atoms with Crippen LogP contribution in [0.3, 0.4) is 0 Å². The molecule has 2 rings (SSSR count). The minimum Gasteiger partial charge on any atom is -0.381 e. The quantitative estimate of drug-likeness (QED) is 0.902. The van der Waals surface area contributed by atoms with Gasteiger partial charge in [-0.05, 0) is 49.4 Å². The Morgan fingerprint density at radius 1 is 1.37 bits per heavy atom. The zero-order chi connectivity index (χ0) is 13.7. The van der Waals surface area contributed by atoms with Crippen molar-refractivity contribution in [3.05, 3.63) is 28.8 Å². The second-order valence-corrected chi connectivity index (χ2v) is 5.67. The molecule has 3 nitrogen and oxygen atoms in total. The third-order valence-electron chi connectivity index (χ3n) is 3.73. The van der Waals surface area contributed by atoms with Gasteiger partial charge < -0.3 is 15.4 Å². The monoisotopic (exact) mass is 282 g/mol. The summed E-state index contributed by atoms with van der Waals surface area (Å²) in [5.41, 5.74) is 7.88. The van der Waals surface area contributed by atoms with E-state index in [1.54, 1.807) is 0 Å². The minimum absolute atomic E-state index is 0.660. The van der Waals surface area contributed by atoms with Crippen LogP contribution in [0.1, 0.15) is 18.4 Å². The number of halogens is 1. The molecule has 0 aliphatic carbocycles. The third-order valence-corrected chi connectivity index (χ3v) is 4.03. The first-order valence-corrected chi connectivity index (χ1v) is 7.36. The average molecular weight is 283 g/mol. The first-order valence-electron chi connectivity index (χ1n) is 6.98. The number of anilines is 1. The molecule has 1 saturated heterocycles. The van der Waals surface area contributed by atoms with Gasteiger partial charge in [0, 0.05) is 26.8 Å². The Morgan fingerprint density at radius 2 is 2.11 bits per heavy atom. The van der Waals surface area contributed by atoms with Crippen LogP contribution in [-0.4, -0.2) is 33.4 Å². The van der Waals surface area contributed by atoms with Crippen LogP contribution in [0, 0.1) is 5.92 Å². The molecule has 1 aromatic carbocycles. The lowest BCUT2D eigenvalue weighted by Crippen LogP contribution is -2.29. The van der Waals surface area contributed by atoms with E-state index in [0.29, 0.717) is 12.5 Å². The summed E-state index contributed by atoms with van der Waals surface area (Å²) >= 11 is 6.37. The van der Waals surface area contributed by atoms with E-state index in [9.17, 15) is 0 Å². The number of hydrogen-bond donors (Lipinski definition) is 1. The SMILES string of the molecule is CN(CC1CCOCC1)c1ccc(CCN)cc1Cl. The van der Waals surface area contributed by atoms with Crippen LogP contribution in [0.5, 0.6) is 0 Å². The lowest BCUT2D eigenvalue weighted by Gasteiger charge is -2.29. The standard InChI is InChI=1S/C15H23ClN2O/c1-18(11-13-5-8-19-9-6-13)15-3-2-12(4-7-17)10-14(15)16/h2-3,10,13H,4-9,11,17H2,1H3. The molecule has 0 bridgehead atoms. The van der Waals surface area contributed by atoms with Crippen LogP contribution in [0.4, 0.5) is 5.69 Å². The number of hydrogen-bond acceptors (Lipinski definition) is 3. The predicted molar refractivity (Wildman–Crippen MR) is 81.0 cm³/mol. The second kappa shape index (κ2) is 7.13. The Kier molecular flexibility index (Phi) is 5.49. The van der Waals surface area contributed by atoms with E-state index in [2.05, 4.69) is 24.1 Å². The summed E-state index contributed by atoms with van der Waals surface area (Å²) in [7, 11) is 2.11. The Hall–Kier alpha value is -0.770. The number of nitrogens with zero attached hydrogens (tertiary/aromatic N) is 1. The van der Waals surface area contributed by atoms with Gasteiger partial charge in [0.2, 0.25) is 0 Å². The minimum atomic E-state index is 0.660. The van der Waals surface area contributed by atoms with Crippen LogP contribution in [-0.2, 0) is 11.2 Å². The molecular formula is C15H23ClN2O. The molecular weight excluding hydrogens is 260 g/mol. The van der Waals surface area contributed by atoms with Gasteiger partial charge in [0.05, 0.1) is 10.7 Å². The van der Waals surface area contributed by atoms with E-state index >= 15 is 0 Å². The molecule has 0 atom stereocenters. The van der Waals surface area contributed by atoms with Crippen molar-refractivity contribution >= 4 is 17.3 Å². The highest BCUT2D eigenvalue weighted by Gasteiger charge is 2.17. The molecule has 1 heterocycles. The fraction of sp³-hybridized carbons (Fsp3) is 0.600. The summed E-state index contributed by atoms with van der Waals surface area (Å²) in [6.45, 7) is 3.48. The molecule has 0 amide bonds. The van der Waals surface area contributed by atoms with Crippen molar-refractivity contribution in [2.24, 2.45) is 11.7 Å². The molecule has 106 valence electrons. The molecule has 19 heavy (non-hydrogen) atoms. The maximum absolute atomic E-state index is 6.37. The second-order valence-electron chi connectivity index (χ2n) is 5.26. The van der Waals surface area contributed by atoms with Crippen molar-refractivity contribution < 1.29 is 4.74 Å². The van der Waals surface area contributed by atoms with Crippen molar-refractivity contribution in [2.45, 2.75) is 19.3 Å². The Labute approximate surface area is 120 Å². The number of rotatable bonds is 5. The van der Waals surface area contributed by atoms with Crippen molar-refractivity contribution in [1.29, 1.82) is 0 Å². The van der Waals surface area contributed by atoms with E-state index in [1.807, 2.05) is 6.07 Å². The van der Waals surface area contributed by atoms with E-state index < -0.39 is 0 Å². The maximum Gasteiger partial charge on any atom is 0.0642 e. The van der Waals surface area contributed by atoms with E-state index in [0.717, 1.165) is 49.7 Å². The highest BCUT2D eigenvalue weighted by molar-refractivity contribution is 6.33. The van der Waals surface area contributed by atoms with Gasteiger partial charge in [0.15, 0.2) is 0 Å². The van der Waals surface area contributed by atoms with Crippen molar-refractivity contribution in [2.75, 3.05) is 38.3 Å². The van der Waals surface area contributed by atoms with Gasteiger partial charge in [-0.3, -0.25) is 0 Å². The molecule has 4 heteroatoms. The van der Waals surface area contributed by atoms with Crippen LogP contribution >= 0.6 is 11.6 Å². The van der Waals surface area contributed by atoms with Crippen LogP contribution in [0.25, 0.3) is 0 Å². The van der Waals surface area contributed by atoms with Gasteiger partial charge in [-0.25, -0.2) is 0 Å². The van der Waals surface area contributed by atoms with E-state index in [1.165, 1.54) is 5.56 Å². The summed E-state index contributed by atoms with van der Waals surface area (Å²) in [4.78, 5) is 2.25. The highest BCUT2D eigenvalue weighted by atomic mass is 35.5. The molecule has 0 aromatic heterocycles. The topological polar surface area (TPSA) is 38.5 Å². The first kappa shape index (κ1) is 14.6. The highest BCUT2D eigenvalue weighted by Crippen LogP contribution is 2.28. The van der Waals surface area contributed by atoms with Crippen molar-refractivity contribution in [1.82, 2.24) is 0 Å². The van der Waals surface area contributed by atoms with Gasteiger partial charge in [-0.2, -0.15) is 0 Å². The van der Waals surface area contributed by atoms with Crippen molar-refractivity contribution in [3.8, 4) is 0 Å². The van der Waals surface area contributed by atoms with Crippen LogP contribution in [0.15, 0.2) is 18.2 Å². The summed E-state index contributed by atoms with van der Waals surface area (Å²) in [6.07, 6.45) is 3.17. The van der Waals surface area contributed by atoms with Gasteiger partial charge >= 0.3 is 0 Å². The zero-order valence-corrected chi connectivity index (χ0v) is 12.3. The largest absolute Gasteiger partial charge is 0.381 e. The Morgan fingerprint density at radius 3 is 2.74 bits per heavy atom. The van der Waals surface area contributed by atoms with E-state index in [4.69, 9.17) is 22.1 Å².